The molecule has 1 heterocycles. The van der Waals surface area contributed by atoms with Gasteiger partial charge in [0.05, 0.1) is 8.95 Å². The topological polar surface area (TPSA) is 82.7 Å². The van der Waals surface area contributed by atoms with E-state index in [1.807, 2.05) is 0 Å². The number of carboxylic acids is 1. The highest BCUT2D eigenvalue weighted by Gasteiger charge is 2.18. The van der Waals surface area contributed by atoms with Gasteiger partial charge in [0.15, 0.2) is 0 Å². The smallest absolute Gasteiger partial charge is 0.303 e. The van der Waals surface area contributed by atoms with Crippen LogP contribution in [0.4, 0.5) is 0 Å². The first-order valence-electron chi connectivity index (χ1n) is 5.12. The quantitative estimate of drug-likeness (QED) is 0.672. The number of carbonyl (C=O) groups is 1. The molecular weight excluding hydrogens is 358 g/mol. The molecule has 7 heteroatoms. The Kier molecular flexibility index (Phi) is 5.32. The Balaban J connectivity index is 2.47. The average molecular weight is 371 g/mol. The zero-order valence-corrected chi connectivity index (χ0v) is 12.2. The summed E-state index contributed by atoms with van der Waals surface area (Å²) in [6.07, 6.45) is 2.18. The van der Waals surface area contributed by atoms with Gasteiger partial charge < -0.3 is 15.3 Å². The van der Waals surface area contributed by atoms with Crippen molar-refractivity contribution >= 4 is 37.8 Å². The van der Waals surface area contributed by atoms with E-state index in [1.165, 1.54) is 4.57 Å². The standard InChI is InChI=1S/C10H13Br2NO4/c11-7-8(12)10(17)13(9(7)16)5-3-1-2-4-6(14)15/h16-17H,1-5H2,(H,14,15). The number of aromatic nitrogens is 1. The van der Waals surface area contributed by atoms with Crippen molar-refractivity contribution in [3.63, 3.8) is 0 Å². The summed E-state index contributed by atoms with van der Waals surface area (Å²) in [4.78, 5) is 10.3. The Morgan fingerprint density at radius 3 is 2.06 bits per heavy atom. The monoisotopic (exact) mass is 369 g/mol. The first-order valence-corrected chi connectivity index (χ1v) is 6.71. The van der Waals surface area contributed by atoms with E-state index < -0.39 is 5.97 Å². The van der Waals surface area contributed by atoms with Crippen molar-refractivity contribution in [3.8, 4) is 11.8 Å². The molecule has 0 aliphatic carbocycles. The van der Waals surface area contributed by atoms with Gasteiger partial charge in [-0.1, -0.05) is 6.42 Å². The van der Waals surface area contributed by atoms with Gasteiger partial charge in [0.25, 0.3) is 0 Å². The highest BCUT2D eigenvalue weighted by atomic mass is 79.9. The summed E-state index contributed by atoms with van der Waals surface area (Å²) in [5, 5.41) is 27.8. The second-order valence-corrected chi connectivity index (χ2v) is 5.22. The lowest BCUT2D eigenvalue weighted by atomic mass is 10.2. The van der Waals surface area contributed by atoms with Crippen LogP contribution < -0.4 is 0 Å². The molecule has 0 amide bonds. The summed E-state index contributed by atoms with van der Waals surface area (Å²) < 4.78 is 2.20. The Hall–Kier alpha value is -0.690. The van der Waals surface area contributed by atoms with Crippen molar-refractivity contribution in [2.45, 2.75) is 32.2 Å². The minimum Gasteiger partial charge on any atom is -0.494 e. The van der Waals surface area contributed by atoms with Crippen LogP contribution in [0.15, 0.2) is 8.95 Å². The number of aliphatic carboxylic acids is 1. The number of carboxylic acid groups (broad SMARTS) is 1. The van der Waals surface area contributed by atoms with Crippen molar-refractivity contribution in [1.29, 1.82) is 0 Å². The fourth-order valence-corrected chi connectivity index (χ4v) is 2.25. The molecule has 1 rings (SSSR count). The van der Waals surface area contributed by atoms with Gasteiger partial charge in [0.1, 0.15) is 0 Å². The maximum absolute atomic E-state index is 10.3. The van der Waals surface area contributed by atoms with Crippen molar-refractivity contribution in [1.82, 2.24) is 4.57 Å². The number of hydrogen-bond donors (Lipinski definition) is 3. The van der Waals surface area contributed by atoms with E-state index in [9.17, 15) is 15.0 Å². The molecule has 0 aromatic carbocycles. The molecule has 0 radical (unpaired) electrons. The van der Waals surface area contributed by atoms with E-state index in [0.717, 1.165) is 6.42 Å². The minimum absolute atomic E-state index is 0.0346. The predicted octanol–water partition coefficient (Wildman–Crippen LogP) is 3.07. The Morgan fingerprint density at radius 2 is 1.59 bits per heavy atom. The zero-order valence-electron chi connectivity index (χ0n) is 8.99. The van der Waals surface area contributed by atoms with E-state index in [0.29, 0.717) is 28.3 Å². The number of rotatable bonds is 6. The number of unbranched alkanes of at least 4 members (excludes halogenated alkanes) is 2. The molecule has 0 saturated heterocycles. The van der Waals surface area contributed by atoms with Gasteiger partial charge in [-0.25, -0.2) is 0 Å². The lowest BCUT2D eigenvalue weighted by Gasteiger charge is -2.06. The highest BCUT2D eigenvalue weighted by molar-refractivity contribution is 9.13. The van der Waals surface area contributed by atoms with Crippen molar-refractivity contribution in [3.05, 3.63) is 8.95 Å². The van der Waals surface area contributed by atoms with E-state index in [-0.39, 0.29) is 18.2 Å². The van der Waals surface area contributed by atoms with Crippen molar-refractivity contribution in [2.24, 2.45) is 0 Å². The molecule has 1 aromatic heterocycles. The van der Waals surface area contributed by atoms with Gasteiger partial charge in [-0.2, -0.15) is 0 Å². The molecule has 0 fully saturated rings. The van der Waals surface area contributed by atoms with Gasteiger partial charge in [-0.3, -0.25) is 9.36 Å². The summed E-state index contributed by atoms with van der Waals surface area (Å²) in [6, 6.07) is 0. The van der Waals surface area contributed by atoms with Gasteiger partial charge in [-0.05, 0) is 44.7 Å². The van der Waals surface area contributed by atoms with Crippen LogP contribution in [0.25, 0.3) is 0 Å². The zero-order chi connectivity index (χ0) is 13.0. The molecule has 0 aliphatic heterocycles. The molecule has 0 atom stereocenters. The summed E-state index contributed by atoms with van der Waals surface area (Å²) in [6.45, 7) is 0.446. The largest absolute Gasteiger partial charge is 0.494 e. The fraction of sp³-hybridized carbons (Fsp3) is 0.500. The molecule has 0 bridgehead atoms. The summed E-state index contributed by atoms with van der Waals surface area (Å²) >= 11 is 6.27. The summed E-state index contributed by atoms with van der Waals surface area (Å²) in [7, 11) is 0. The first-order chi connectivity index (χ1) is 7.95. The highest BCUT2D eigenvalue weighted by Crippen LogP contribution is 2.41. The first kappa shape index (κ1) is 14.4. The maximum atomic E-state index is 10.3. The predicted molar refractivity (Wildman–Crippen MR) is 69.3 cm³/mol. The number of halogens is 2. The lowest BCUT2D eigenvalue weighted by Crippen LogP contribution is -1.98. The van der Waals surface area contributed by atoms with Crippen LogP contribution in [0, 0.1) is 0 Å². The van der Waals surface area contributed by atoms with E-state index in [1.54, 1.807) is 0 Å². The molecule has 3 N–H and O–H groups in total. The Bertz CT molecular complexity index is 391. The molecule has 0 spiro atoms. The molecule has 0 saturated carbocycles. The van der Waals surface area contributed by atoms with Crippen LogP contribution in [0.3, 0.4) is 0 Å². The SMILES string of the molecule is O=C(O)CCCCCn1c(O)c(Br)c(Br)c1O. The molecule has 0 unspecified atom stereocenters. The van der Waals surface area contributed by atoms with Crippen LogP contribution in [0.5, 0.6) is 11.8 Å². The third-order valence-corrected chi connectivity index (χ3v) is 4.40. The summed E-state index contributed by atoms with van der Waals surface area (Å²) in [5.74, 6) is -0.873. The van der Waals surface area contributed by atoms with Crippen molar-refractivity contribution in [2.75, 3.05) is 0 Å². The normalized spacial score (nSPS) is 10.7. The van der Waals surface area contributed by atoms with Crippen LogP contribution in [-0.4, -0.2) is 25.9 Å². The Labute approximate surface area is 115 Å². The molecule has 1 aromatic rings. The Morgan fingerprint density at radius 1 is 1.06 bits per heavy atom. The van der Waals surface area contributed by atoms with E-state index in [2.05, 4.69) is 31.9 Å². The van der Waals surface area contributed by atoms with Crippen LogP contribution in [0.1, 0.15) is 25.7 Å². The molecule has 0 aliphatic rings. The van der Waals surface area contributed by atoms with Crippen LogP contribution in [0.2, 0.25) is 0 Å². The van der Waals surface area contributed by atoms with Crippen LogP contribution in [-0.2, 0) is 11.3 Å². The van der Waals surface area contributed by atoms with Gasteiger partial charge in [0, 0.05) is 13.0 Å². The summed E-state index contributed by atoms with van der Waals surface area (Å²) in [5.41, 5.74) is 0. The van der Waals surface area contributed by atoms with Gasteiger partial charge in [0.2, 0.25) is 11.8 Å². The number of aromatic hydroxyl groups is 2. The average Bonchev–Trinajstić information content (AvgIpc) is 2.45. The minimum atomic E-state index is -0.804. The third-order valence-electron chi connectivity index (χ3n) is 2.37. The number of nitrogens with zero attached hydrogens (tertiary/aromatic N) is 1. The maximum Gasteiger partial charge on any atom is 0.303 e. The molecular formula is C10H13Br2NO4. The van der Waals surface area contributed by atoms with E-state index >= 15 is 0 Å². The van der Waals surface area contributed by atoms with E-state index in [4.69, 9.17) is 5.11 Å². The molecule has 17 heavy (non-hydrogen) atoms. The van der Waals surface area contributed by atoms with Crippen molar-refractivity contribution < 1.29 is 20.1 Å². The third kappa shape index (κ3) is 3.64. The molecule has 96 valence electrons. The van der Waals surface area contributed by atoms with Crippen LogP contribution >= 0.6 is 31.9 Å². The lowest BCUT2D eigenvalue weighted by molar-refractivity contribution is -0.137. The van der Waals surface area contributed by atoms with Gasteiger partial charge >= 0.3 is 5.97 Å². The second-order valence-electron chi connectivity index (χ2n) is 3.63. The number of hydrogen-bond acceptors (Lipinski definition) is 3. The molecule has 5 nitrogen and oxygen atoms in total. The van der Waals surface area contributed by atoms with Gasteiger partial charge in [-0.15, -0.1) is 0 Å². The second kappa shape index (κ2) is 6.30. The fourth-order valence-electron chi connectivity index (χ4n) is 1.47.